The van der Waals surface area contributed by atoms with Gasteiger partial charge >= 0.3 is 0 Å². The van der Waals surface area contributed by atoms with Crippen LogP contribution in [-0.4, -0.2) is 28.8 Å². The highest BCUT2D eigenvalue weighted by molar-refractivity contribution is 5.99. The lowest BCUT2D eigenvalue weighted by atomic mass is 9.82. The molecule has 2 rings (SSSR count). The molecule has 1 fully saturated rings. The average molecular weight is 292 g/mol. The molecule has 1 aliphatic rings. The molecule has 1 amide bonds. The maximum atomic E-state index is 12.6. The Morgan fingerprint density at radius 2 is 2.00 bits per heavy atom. The number of nitrogens with two attached hydrogens (primary N) is 1. The second-order valence-electron chi connectivity index (χ2n) is 6.09. The molecule has 1 saturated heterocycles. The minimum atomic E-state index is -0.540. The molecule has 114 valence electrons. The van der Waals surface area contributed by atoms with Crippen molar-refractivity contribution in [1.82, 2.24) is 4.90 Å². The second-order valence-corrected chi connectivity index (χ2v) is 6.09. The molecule has 7 heteroatoms. The van der Waals surface area contributed by atoms with Crippen molar-refractivity contribution < 1.29 is 9.72 Å². The summed E-state index contributed by atoms with van der Waals surface area (Å²) in [6.45, 7) is 5.55. The number of hydrazine groups is 1. The van der Waals surface area contributed by atoms with Crippen LogP contribution in [0.2, 0.25) is 0 Å². The number of nitrogens with one attached hydrogen (secondary N) is 1. The van der Waals surface area contributed by atoms with E-state index in [1.165, 1.54) is 18.2 Å². The monoisotopic (exact) mass is 292 g/mol. The van der Waals surface area contributed by atoms with Gasteiger partial charge in [-0.05, 0) is 30.4 Å². The van der Waals surface area contributed by atoms with Gasteiger partial charge in [0.1, 0.15) is 5.56 Å². The Bertz CT molecular complexity index is 561. The zero-order valence-corrected chi connectivity index (χ0v) is 12.3. The number of amides is 1. The van der Waals surface area contributed by atoms with Crippen molar-refractivity contribution >= 4 is 17.3 Å². The molecule has 0 radical (unpaired) electrons. The molecule has 0 aromatic heterocycles. The van der Waals surface area contributed by atoms with Crippen LogP contribution in [0.25, 0.3) is 0 Å². The predicted octanol–water partition coefficient (Wildman–Crippen LogP) is 2.14. The van der Waals surface area contributed by atoms with Crippen LogP contribution in [0.15, 0.2) is 18.2 Å². The number of nitro groups is 1. The molecule has 3 N–H and O–H groups in total. The van der Waals surface area contributed by atoms with Crippen LogP contribution < -0.4 is 11.3 Å². The largest absolute Gasteiger partial charge is 0.338 e. The normalized spacial score (nSPS) is 17.4. The molecule has 0 unspecified atom stereocenters. The highest BCUT2D eigenvalue weighted by Crippen LogP contribution is 2.31. The van der Waals surface area contributed by atoms with Gasteiger partial charge in [0.2, 0.25) is 0 Å². The molecule has 1 heterocycles. The number of nitrogen functional groups attached to an aromatic ring is 1. The molecule has 1 aromatic rings. The summed E-state index contributed by atoms with van der Waals surface area (Å²) in [5.41, 5.74) is 2.98. The molecule has 0 saturated carbocycles. The average Bonchev–Trinajstić information content (AvgIpc) is 2.45. The summed E-state index contributed by atoms with van der Waals surface area (Å²) in [7, 11) is 0. The Hall–Kier alpha value is -2.15. The first kappa shape index (κ1) is 15.2. The molecular weight excluding hydrogens is 272 g/mol. The number of rotatable bonds is 3. The first-order valence-electron chi connectivity index (χ1n) is 6.88. The third-order valence-electron chi connectivity index (χ3n) is 3.99. The fourth-order valence-electron chi connectivity index (χ4n) is 2.44. The lowest BCUT2D eigenvalue weighted by Crippen LogP contribution is -2.41. The number of carbonyl (C=O) groups is 1. The third-order valence-corrected chi connectivity index (χ3v) is 3.99. The van der Waals surface area contributed by atoms with Crippen molar-refractivity contribution in [2.75, 3.05) is 18.5 Å². The molecule has 1 aliphatic heterocycles. The van der Waals surface area contributed by atoms with Gasteiger partial charge in [-0.15, -0.1) is 0 Å². The molecule has 21 heavy (non-hydrogen) atoms. The molecule has 1 aromatic carbocycles. The molecule has 0 atom stereocenters. The van der Waals surface area contributed by atoms with Gasteiger partial charge in [0.05, 0.1) is 4.92 Å². The number of likely N-dealkylation sites (tertiary alicyclic amines) is 1. The lowest BCUT2D eigenvalue weighted by Gasteiger charge is -2.36. The minimum Gasteiger partial charge on any atom is -0.338 e. The van der Waals surface area contributed by atoms with E-state index in [2.05, 4.69) is 19.3 Å². The predicted molar refractivity (Wildman–Crippen MR) is 79.8 cm³/mol. The number of nitro benzene ring substituents is 1. The van der Waals surface area contributed by atoms with Crippen molar-refractivity contribution in [2.24, 2.45) is 11.3 Å². The van der Waals surface area contributed by atoms with E-state index in [-0.39, 0.29) is 22.6 Å². The molecule has 0 spiro atoms. The minimum absolute atomic E-state index is 0.0788. The van der Waals surface area contributed by atoms with Crippen LogP contribution in [0.1, 0.15) is 37.0 Å². The van der Waals surface area contributed by atoms with E-state index in [0.717, 1.165) is 12.8 Å². The fourth-order valence-corrected chi connectivity index (χ4v) is 2.44. The molecule has 0 bridgehead atoms. The van der Waals surface area contributed by atoms with Gasteiger partial charge in [0.25, 0.3) is 11.6 Å². The first-order chi connectivity index (χ1) is 9.84. The van der Waals surface area contributed by atoms with E-state index < -0.39 is 4.92 Å². The van der Waals surface area contributed by atoms with Gasteiger partial charge < -0.3 is 10.3 Å². The highest BCUT2D eigenvalue weighted by Gasteiger charge is 2.31. The van der Waals surface area contributed by atoms with Crippen LogP contribution >= 0.6 is 0 Å². The number of hydrogen-bond acceptors (Lipinski definition) is 5. The van der Waals surface area contributed by atoms with Crippen molar-refractivity contribution in [3.63, 3.8) is 0 Å². The van der Waals surface area contributed by atoms with E-state index in [4.69, 9.17) is 5.84 Å². The lowest BCUT2D eigenvalue weighted by molar-refractivity contribution is -0.385. The number of anilines is 1. The summed E-state index contributed by atoms with van der Waals surface area (Å²) in [5.74, 6) is 5.00. The van der Waals surface area contributed by atoms with E-state index in [1.807, 2.05) is 0 Å². The molecular formula is C14H20N4O3. The Labute approximate surface area is 123 Å². The number of carbonyl (C=O) groups excluding carboxylic acids is 1. The Morgan fingerprint density at radius 1 is 1.38 bits per heavy atom. The topological polar surface area (TPSA) is 102 Å². The molecule has 0 aliphatic carbocycles. The van der Waals surface area contributed by atoms with Crippen LogP contribution in [0.4, 0.5) is 11.4 Å². The summed E-state index contributed by atoms with van der Waals surface area (Å²) in [6, 6.07) is 4.21. The van der Waals surface area contributed by atoms with E-state index in [1.54, 1.807) is 4.90 Å². The van der Waals surface area contributed by atoms with Crippen LogP contribution in [0.5, 0.6) is 0 Å². The Balaban J connectivity index is 2.28. The fraction of sp³-hybridized carbons (Fsp3) is 0.500. The van der Waals surface area contributed by atoms with Crippen LogP contribution in [-0.2, 0) is 0 Å². The maximum Gasteiger partial charge on any atom is 0.282 e. The number of piperidine rings is 1. The first-order valence-corrected chi connectivity index (χ1v) is 6.88. The maximum absolute atomic E-state index is 12.6. The quantitative estimate of drug-likeness (QED) is 0.505. The summed E-state index contributed by atoms with van der Waals surface area (Å²) in [4.78, 5) is 24.8. The summed E-state index contributed by atoms with van der Waals surface area (Å²) in [5, 5.41) is 11.1. The summed E-state index contributed by atoms with van der Waals surface area (Å²) < 4.78 is 0. The molecule has 7 nitrogen and oxygen atoms in total. The SMILES string of the molecule is CC1(C)CCN(C(=O)c2cc(NN)ccc2[N+](=O)[O-])CC1. The van der Waals surface area contributed by atoms with Gasteiger partial charge in [0, 0.05) is 24.8 Å². The standard InChI is InChI=1S/C14H20N4O3/c1-14(2)5-7-17(8-6-14)13(19)11-9-10(16-15)3-4-12(11)18(20)21/h3-4,9,16H,5-8,15H2,1-2H3. The van der Waals surface area contributed by atoms with Gasteiger partial charge in [-0.1, -0.05) is 13.8 Å². The van der Waals surface area contributed by atoms with Gasteiger partial charge in [-0.3, -0.25) is 20.8 Å². The van der Waals surface area contributed by atoms with Crippen molar-refractivity contribution in [3.8, 4) is 0 Å². The zero-order valence-electron chi connectivity index (χ0n) is 12.3. The summed E-state index contributed by atoms with van der Waals surface area (Å²) in [6.07, 6.45) is 1.78. The van der Waals surface area contributed by atoms with E-state index in [0.29, 0.717) is 18.8 Å². The number of nitrogens with zero attached hydrogens (tertiary/aromatic N) is 2. The van der Waals surface area contributed by atoms with Gasteiger partial charge in [-0.2, -0.15) is 0 Å². The van der Waals surface area contributed by atoms with Crippen molar-refractivity contribution in [1.29, 1.82) is 0 Å². The highest BCUT2D eigenvalue weighted by atomic mass is 16.6. The van der Waals surface area contributed by atoms with Crippen LogP contribution in [0, 0.1) is 15.5 Å². The zero-order chi connectivity index (χ0) is 15.6. The smallest absolute Gasteiger partial charge is 0.282 e. The van der Waals surface area contributed by atoms with Crippen molar-refractivity contribution in [2.45, 2.75) is 26.7 Å². The van der Waals surface area contributed by atoms with E-state index >= 15 is 0 Å². The Kier molecular flexibility index (Phi) is 4.13. The Morgan fingerprint density at radius 3 is 2.52 bits per heavy atom. The van der Waals surface area contributed by atoms with Crippen LogP contribution in [0.3, 0.4) is 0 Å². The number of benzene rings is 1. The van der Waals surface area contributed by atoms with Gasteiger partial charge in [0.15, 0.2) is 0 Å². The second kappa shape index (κ2) is 5.69. The number of hydrogen-bond donors (Lipinski definition) is 2. The summed E-state index contributed by atoms with van der Waals surface area (Å²) >= 11 is 0. The van der Waals surface area contributed by atoms with Crippen molar-refractivity contribution in [3.05, 3.63) is 33.9 Å². The third kappa shape index (κ3) is 3.30. The van der Waals surface area contributed by atoms with Gasteiger partial charge in [-0.25, -0.2) is 0 Å². The van der Waals surface area contributed by atoms with E-state index in [9.17, 15) is 14.9 Å².